The zero-order valence-electron chi connectivity index (χ0n) is 18.2. The van der Waals surface area contributed by atoms with Gasteiger partial charge in [0.1, 0.15) is 12.1 Å². The molecule has 1 aromatic carbocycles. The van der Waals surface area contributed by atoms with E-state index < -0.39 is 0 Å². The fraction of sp³-hybridized carbons (Fsp3) is 0.522. The first kappa shape index (κ1) is 19.6. The number of rotatable bonds is 5. The molecule has 3 atom stereocenters. The molecule has 6 rings (SSSR count). The van der Waals surface area contributed by atoms with Gasteiger partial charge in [-0.15, -0.1) is 10.2 Å². The lowest BCUT2D eigenvalue weighted by atomic mass is 9.83. The van der Waals surface area contributed by atoms with Crippen LogP contribution in [0.3, 0.4) is 0 Å². The lowest BCUT2D eigenvalue weighted by Gasteiger charge is -2.45. The Morgan fingerprint density at radius 3 is 2.44 bits per heavy atom. The maximum atomic E-state index is 10.6. The van der Waals surface area contributed by atoms with E-state index in [4.69, 9.17) is 0 Å². The Balaban J connectivity index is 1.24. The topological polar surface area (TPSA) is 105 Å². The van der Waals surface area contributed by atoms with Gasteiger partial charge in [-0.2, -0.15) is 5.10 Å². The highest BCUT2D eigenvalue weighted by Gasteiger charge is 2.40. The van der Waals surface area contributed by atoms with E-state index in [0.717, 1.165) is 11.4 Å². The molecule has 0 amide bonds. The summed E-state index contributed by atoms with van der Waals surface area (Å²) in [7, 11) is 1.81. The maximum Gasteiger partial charge on any atom is 0.185 e. The third-order valence-corrected chi connectivity index (χ3v) is 6.93. The van der Waals surface area contributed by atoms with E-state index in [2.05, 4.69) is 35.5 Å². The van der Waals surface area contributed by atoms with Crippen LogP contribution in [0, 0.1) is 0 Å². The van der Waals surface area contributed by atoms with Crippen LogP contribution in [0.5, 0.6) is 5.75 Å². The molecule has 3 aliphatic rings. The highest BCUT2D eigenvalue weighted by atomic mass is 16.3. The van der Waals surface area contributed by atoms with Crippen LogP contribution in [0.1, 0.15) is 44.9 Å². The predicted octanol–water partition coefficient (Wildman–Crippen LogP) is 2.68. The summed E-state index contributed by atoms with van der Waals surface area (Å²) in [6, 6.07) is 7.61. The fourth-order valence-electron chi connectivity index (χ4n) is 5.33. The highest BCUT2D eigenvalue weighted by Crippen LogP contribution is 2.38. The third kappa shape index (κ3) is 3.70. The van der Waals surface area contributed by atoms with Crippen LogP contribution in [-0.4, -0.2) is 59.2 Å². The Kier molecular flexibility index (Phi) is 4.78. The average Bonchev–Trinajstić information content (AvgIpc) is 3.53. The Bertz CT molecular complexity index is 1100. The van der Waals surface area contributed by atoms with Gasteiger partial charge in [0.15, 0.2) is 17.5 Å². The van der Waals surface area contributed by atoms with Crippen molar-refractivity contribution >= 4 is 5.82 Å². The molecule has 0 unspecified atom stereocenters. The summed E-state index contributed by atoms with van der Waals surface area (Å²) in [5.41, 5.74) is 1.30. The normalized spacial score (nSPS) is 25.0. The number of fused-ring (bicyclic) bond motifs is 2. The van der Waals surface area contributed by atoms with Crippen LogP contribution in [0.15, 0.2) is 30.7 Å². The summed E-state index contributed by atoms with van der Waals surface area (Å²) >= 11 is 0. The second-order valence-corrected chi connectivity index (χ2v) is 9.37. The summed E-state index contributed by atoms with van der Waals surface area (Å²) in [4.78, 5) is 11.3. The second kappa shape index (κ2) is 7.81. The number of phenols is 1. The molecule has 1 aliphatic carbocycles. The van der Waals surface area contributed by atoms with E-state index in [1.54, 1.807) is 23.1 Å². The lowest BCUT2D eigenvalue weighted by molar-refractivity contribution is 0.215. The predicted molar refractivity (Wildman–Crippen MR) is 120 cm³/mol. The first-order chi connectivity index (χ1) is 15.6. The quantitative estimate of drug-likeness (QED) is 0.634. The Hall–Kier alpha value is -3.07. The van der Waals surface area contributed by atoms with E-state index in [0.29, 0.717) is 41.4 Å². The van der Waals surface area contributed by atoms with E-state index in [-0.39, 0.29) is 5.75 Å². The van der Waals surface area contributed by atoms with Crippen molar-refractivity contribution in [2.45, 2.75) is 69.1 Å². The summed E-state index contributed by atoms with van der Waals surface area (Å²) in [6.07, 6.45) is 12.1. The van der Waals surface area contributed by atoms with Crippen molar-refractivity contribution in [3.05, 3.63) is 30.7 Å². The van der Waals surface area contributed by atoms with E-state index >= 15 is 0 Å². The highest BCUT2D eigenvalue weighted by molar-refractivity contribution is 5.70. The monoisotopic (exact) mass is 432 g/mol. The van der Waals surface area contributed by atoms with Crippen molar-refractivity contribution in [3.63, 3.8) is 0 Å². The molecule has 2 bridgehead atoms. The minimum Gasteiger partial charge on any atom is -0.507 e. The first-order valence-electron chi connectivity index (χ1n) is 11.6. The van der Waals surface area contributed by atoms with Crippen LogP contribution >= 0.6 is 0 Å². The zero-order valence-corrected chi connectivity index (χ0v) is 18.2. The van der Waals surface area contributed by atoms with Crippen LogP contribution in [-0.2, 0) is 7.05 Å². The number of hydrogen-bond acceptors (Lipinski definition) is 8. The average molecular weight is 433 g/mol. The number of hydrogen-bond donors (Lipinski definition) is 2. The van der Waals surface area contributed by atoms with E-state index in [1.165, 1.54) is 44.9 Å². The van der Waals surface area contributed by atoms with Crippen molar-refractivity contribution < 1.29 is 5.11 Å². The molecule has 2 aromatic heterocycles. The Labute approximate surface area is 186 Å². The lowest BCUT2D eigenvalue weighted by Crippen LogP contribution is -2.55. The summed E-state index contributed by atoms with van der Waals surface area (Å²) in [5, 5.41) is 27.6. The van der Waals surface area contributed by atoms with Crippen molar-refractivity contribution in [2.24, 2.45) is 7.05 Å². The first-order valence-corrected chi connectivity index (χ1v) is 11.6. The molecule has 2 aliphatic heterocycles. The SMILES string of the molecule is Cn1cnc(-c2ccc(-c3ncc(N(C4CC4)[C@@H]4C[C@H]5CCC[C@@H](C4)N5)nn3)c(O)c2)n1. The summed E-state index contributed by atoms with van der Waals surface area (Å²) in [6.45, 7) is 0. The van der Waals surface area contributed by atoms with Gasteiger partial charge in [-0.05, 0) is 50.7 Å². The van der Waals surface area contributed by atoms with Gasteiger partial charge in [-0.25, -0.2) is 9.97 Å². The smallest absolute Gasteiger partial charge is 0.185 e. The summed E-state index contributed by atoms with van der Waals surface area (Å²) in [5.74, 6) is 1.94. The van der Waals surface area contributed by atoms with Crippen molar-refractivity contribution in [1.82, 2.24) is 35.3 Å². The molecule has 0 spiro atoms. The van der Waals surface area contributed by atoms with Crippen molar-refractivity contribution in [3.8, 4) is 28.5 Å². The van der Waals surface area contributed by atoms with Crippen LogP contribution in [0.25, 0.3) is 22.8 Å². The molecule has 2 N–H and O–H groups in total. The van der Waals surface area contributed by atoms with Gasteiger partial charge in [0.05, 0.1) is 11.8 Å². The van der Waals surface area contributed by atoms with Gasteiger partial charge in [-0.3, -0.25) is 4.68 Å². The van der Waals surface area contributed by atoms with Crippen LogP contribution in [0.2, 0.25) is 0 Å². The molecule has 3 aromatic rings. The number of anilines is 1. The molecule has 32 heavy (non-hydrogen) atoms. The summed E-state index contributed by atoms with van der Waals surface area (Å²) < 4.78 is 1.63. The molecule has 4 heterocycles. The Morgan fingerprint density at radius 1 is 1.00 bits per heavy atom. The number of piperidine rings is 2. The maximum absolute atomic E-state index is 10.6. The molecule has 3 fully saturated rings. The molecule has 2 saturated heterocycles. The van der Waals surface area contributed by atoms with E-state index in [9.17, 15) is 5.11 Å². The van der Waals surface area contributed by atoms with Gasteiger partial charge < -0.3 is 15.3 Å². The molecule has 9 nitrogen and oxygen atoms in total. The van der Waals surface area contributed by atoms with E-state index in [1.807, 2.05) is 19.3 Å². The zero-order chi connectivity index (χ0) is 21.7. The fourth-order valence-corrected chi connectivity index (χ4v) is 5.33. The molecule has 0 radical (unpaired) electrons. The number of phenolic OH excluding ortho intramolecular Hbond substituents is 1. The standard InChI is InChI=1S/C23H28N8O/c1-30-13-25-22(29-30)14-5-8-19(20(32)9-14)23-24-12-21(27-28-23)31(17-6-7-17)18-10-15-3-2-4-16(11-18)26-15/h5,8-9,12-13,15-18,26,32H,2-4,6-7,10-11H2,1H3/t15-,16+,18-. The molecule has 166 valence electrons. The number of benzene rings is 1. The van der Waals surface area contributed by atoms with Gasteiger partial charge in [0, 0.05) is 36.8 Å². The van der Waals surface area contributed by atoms with Crippen molar-refractivity contribution in [1.29, 1.82) is 0 Å². The van der Waals surface area contributed by atoms with Crippen LogP contribution < -0.4 is 10.2 Å². The second-order valence-electron chi connectivity index (χ2n) is 9.37. The van der Waals surface area contributed by atoms with Gasteiger partial charge in [0.25, 0.3) is 0 Å². The van der Waals surface area contributed by atoms with Crippen molar-refractivity contribution in [2.75, 3.05) is 4.90 Å². The molecular formula is C23H28N8O. The van der Waals surface area contributed by atoms with Gasteiger partial charge in [-0.1, -0.05) is 12.5 Å². The minimum absolute atomic E-state index is 0.0923. The van der Waals surface area contributed by atoms with Crippen LogP contribution in [0.4, 0.5) is 5.82 Å². The number of nitrogens with one attached hydrogen (secondary N) is 1. The van der Waals surface area contributed by atoms with Gasteiger partial charge >= 0.3 is 0 Å². The Morgan fingerprint density at radius 2 is 1.81 bits per heavy atom. The largest absolute Gasteiger partial charge is 0.507 e. The minimum atomic E-state index is 0.0923. The van der Waals surface area contributed by atoms with Gasteiger partial charge in [0.2, 0.25) is 0 Å². The number of aromatic nitrogens is 6. The third-order valence-electron chi connectivity index (χ3n) is 6.93. The number of aryl methyl sites for hydroxylation is 1. The number of aromatic hydroxyl groups is 1. The molecule has 1 saturated carbocycles. The number of nitrogens with zero attached hydrogens (tertiary/aromatic N) is 7. The molecular weight excluding hydrogens is 404 g/mol. The molecule has 9 heteroatoms.